The molecule has 4 rings (SSSR count). The lowest BCUT2D eigenvalue weighted by molar-refractivity contribution is -0.153. The topological polar surface area (TPSA) is 89.7 Å². The average molecular weight is 475 g/mol. The van der Waals surface area contributed by atoms with Crippen molar-refractivity contribution in [1.29, 1.82) is 0 Å². The largest absolute Gasteiger partial charge is 0.448 e. The summed E-state index contributed by atoms with van der Waals surface area (Å²) in [7, 11) is -1.35. The third kappa shape index (κ3) is 3.56. The van der Waals surface area contributed by atoms with E-state index in [9.17, 15) is 13.8 Å². The summed E-state index contributed by atoms with van der Waals surface area (Å²) in [6, 6.07) is 18.0. The van der Waals surface area contributed by atoms with Gasteiger partial charge in [0.2, 0.25) is 5.91 Å². The molecule has 1 saturated heterocycles. The lowest BCUT2D eigenvalue weighted by Gasteiger charge is -2.47. The first-order valence-corrected chi connectivity index (χ1v) is 11.6. The van der Waals surface area contributed by atoms with Crippen molar-refractivity contribution >= 4 is 38.6 Å². The quantitative estimate of drug-likeness (QED) is 0.407. The molecule has 2 N–H and O–H groups in total. The van der Waals surface area contributed by atoms with Gasteiger partial charge in [-0.05, 0) is 16.7 Å². The second-order valence-corrected chi connectivity index (χ2v) is 8.94. The van der Waals surface area contributed by atoms with Crippen LogP contribution >= 0.6 is 15.9 Å². The van der Waals surface area contributed by atoms with Crippen molar-refractivity contribution in [2.45, 2.75) is 17.5 Å². The molecule has 0 unspecified atom stereocenters. The molecule has 0 aromatic heterocycles. The maximum Gasteiger partial charge on any atom is 0.356 e. The van der Waals surface area contributed by atoms with E-state index in [1.807, 2.05) is 60.7 Å². The van der Waals surface area contributed by atoms with Crippen LogP contribution in [-0.2, 0) is 25.1 Å². The van der Waals surface area contributed by atoms with Crippen LogP contribution in [-0.4, -0.2) is 43.5 Å². The van der Waals surface area contributed by atoms with Gasteiger partial charge in [-0.2, -0.15) is 0 Å². The van der Waals surface area contributed by atoms with Crippen molar-refractivity contribution in [3.05, 3.63) is 83.1 Å². The van der Waals surface area contributed by atoms with E-state index >= 15 is 0 Å². The minimum Gasteiger partial charge on any atom is -0.448 e. The summed E-state index contributed by atoms with van der Waals surface area (Å²) >= 11 is 3.34. The number of β-lactam (4-membered cyclic amide) rings is 1. The van der Waals surface area contributed by atoms with Gasteiger partial charge in [0, 0.05) is 5.33 Å². The van der Waals surface area contributed by atoms with Gasteiger partial charge in [0.25, 0.3) is 0 Å². The molecule has 2 aliphatic heterocycles. The molecule has 0 aliphatic carbocycles. The molecule has 6 nitrogen and oxygen atoms in total. The Balaban J connectivity index is 1.70. The zero-order chi connectivity index (χ0) is 20.5. The van der Waals surface area contributed by atoms with Gasteiger partial charge in [0.1, 0.15) is 17.1 Å². The SMILES string of the molecule is N[C@@H]1C(=O)N2C(C(=O)OC(c3ccccc3)c3ccccc3)=C(CBr)C[S@](=O)[C@H]12. The average Bonchev–Trinajstić information content (AvgIpc) is 2.77. The van der Waals surface area contributed by atoms with Crippen molar-refractivity contribution < 1.29 is 18.5 Å². The third-order valence-corrected chi connectivity index (χ3v) is 7.38. The molecule has 0 bridgehead atoms. The van der Waals surface area contributed by atoms with E-state index in [2.05, 4.69) is 15.9 Å². The minimum absolute atomic E-state index is 0.148. The van der Waals surface area contributed by atoms with E-state index in [0.29, 0.717) is 10.9 Å². The van der Waals surface area contributed by atoms with Crippen LogP contribution in [0.4, 0.5) is 0 Å². The number of alkyl halides is 1. The number of carbonyl (C=O) groups is 2. The maximum absolute atomic E-state index is 13.2. The molecule has 8 heteroatoms. The summed E-state index contributed by atoms with van der Waals surface area (Å²) in [4.78, 5) is 26.8. The highest BCUT2D eigenvalue weighted by Crippen LogP contribution is 2.36. The second kappa shape index (κ2) is 8.22. The molecule has 0 spiro atoms. The van der Waals surface area contributed by atoms with Crippen molar-refractivity contribution in [2.75, 3.05) is 11.1 Å². The number of carbonyl (C=O) groups excluding carboxylic acids is 2. The van der Waals surface area contributed by atoms with E-state index in [1.54, 1.807) is 0 Å². The second-order valence-electron chi connectivity index (χ2n) is 6.84. The predicted octanol–water partition coefficient (Wildman–Crippen LogP) is 2.23. The number of rotatable bonds is 5. The van der Waals surface area contributed by atoms with Crippen LogP contribution in [0.25, 0.3) is 0 Å². The van der Waals surface area contributed by atoms with E-state index < -0.39 is 40.2 Å². The van der Waals surface area contributed by atoms with Crippen LogP contribution in [0.1, 0.15) is 17.2 Å². The zero-order valence-corrected chi connectivity index (χ0v) is 17.8. The summed E-state index contributed by atoms with van der Waals surface area (Å²) in [5.74, 6) is -0.859. The molecule has 1 amide bonds. The Kier molecular flexibility index (Phi) is 5.67. The van der Waals surface area contributed by atoms with Gasteiger partial charge in [-0.3, -0.25) is 13.9 Å². The molecule has 0 radical (unpaired) electrons. The molecule has 2 aromatic carbocycles. The Hall–Kier alpha value is -2.29. The number of nitrogens with two attached hydrogens (primary N) is 1. The molecule has 29 heavy (non-hydrogen) atoms. The maximum atomic E-state index is 13.2. The first-order valence-electron chi connectivity index (χ1n) is 9.07. The first-order chi connectivity index (χ1) is 14.0. The first kappa shape index (κ1) is 20.0. The van der Waals surface area contributed by atoms with E-state index in [0.717, 1.165) is 11.1 Å². The van der Waals surface area contributed by atoms with E-state index in [-0.39, 0.29) is 11.4 Å². The number of ether oxygens (including phenoxy) is 1. The number of nitrogens with zero attached hydrogens (tertiary/aromatic N) is 1. The third-order valence-electron chi connectivity index (χ3n) is 5.03. The highest BCUT2D eigenvalue weighted by molar-refractivity contribution is 9.09. The smallest absolute Gasteiger partial charge is 0.356 e. The van der Waals surface area contributed by atoms with Crippen LogP contribution < -0.4 is 5.73 Å². The van der Waals surface area contributed by atoms with E-state index in [1.165, 1.54) is 4.90 Å². The predicted molar refractivity (Wildman–Crippen MR) is 113 cm³/mol. The van der Waals surface area contributed by atoms with E-state index in [4.69, 9.17) is 10.5 Å². The van der Waals surface area contributed by atoms with Gasteiger partial charge in [-0.25, -0.2) is 4.79 Å². The summed E-state index contributed by atoms with van der Waals surface area (Å²) in [5, 5.41) is -0.365. The normalized spacial score (nSPS) is 23.6. The van der Waals surface area contributed by atoms with Crippen molar-refractivity contribution in [2.24, 2.45) is 5.73 Å². The molecule has 2 aliphatic rings. The number of amides is 1. The number of halogens is 1. The summed E-state index contributed by atoms with van der Waals surface area (Å²) in [5.41, 5.74) is 8.18. The number of hydrogen-bond donors (Lipinski definition) is 1. The zero-order valence-electron chi connectivity index (χ0n) is 15.4. The summed E-state index contributed by atoms with van der Waals surface area (Å²) < 4.78 is 18.4. The molecular weight excluding hydrogens is 456 g/mol. The minimum atomic E-state index is -1.35. The fourth-order valence-corrected chi connectivity index (χ4v) is 5.96. The Labute approximate surface area is 179 Å². The summed E-state index contributed by atoms with van der Waals surface area (Å²) in [6.07, 6.45) is -0.634. The molecule has 3 atom stereocenters. The Bertz CT molecular complexity index is 957. The Morgan fingerprint density at radius 1 is 1.14 bits per heavy atom. The molecule has 0 saturated carbocycles. The van der Waals surface area contributed by atoms with Gasteiger partial charge in [0.05, 0.1) is 16.6 Å². The number of fused-ring (bicyclic) bond motifs is 1. The van der Waals surface area contributed by atoms with Crippen LogP contribution in [0.5, 0.6) is 0 Å². The van der Waals surface area contributed by atoms with Gasteiger partial charge >= 0.3 is 5.97 Å². The van der Waals surface area contributed by atoms with Gasteiger partial charge in [-0.15, -0.1) is 0 Å². The van der Waals surface area contributed by atoms with Gasteiger partial charge in [-0.1, -0.05) is 76.6 Å². The van der Waals surface area contributed by atoms with Crippen LogP contribution in [0.15, 0.2) is 71.9 Å². The Morgan fingerprint density at radius 2 is 1.69 bits per heavy atom. The fourth-order valence-electron chi connectivity index (χ4n) is 3.59. The van der Waals surface area contributed by atoms with Crippen LogP contribution in [0.3, 0.4) is 0 Å². The van der Waals surface area contributed by atoms with Crippen LogP contribution in [0, 0.1) is 0 Å². The molecule has 2 heterocycles. The van der Waals surface area contributed by atoms with Crippen molar-refractivity contribution in [3.8, 4) is 0 Å². The lowest BCUT2D eigenvalue weighted by atomic mass is 10.0. The monoisotopic (exact) mass is 474 g/mol. The van der Waals surface area contributed by atoms with Gasteiger partial charge in [0.15, 0.2) is 6.10 Å². The highest BCUT2D eigenvalue weighted by atomic mass is 79.9. The molecule has 1 fully saturated rings. The highest BCUT2D eigenvalue weighted by Gasteiger charge is 2.55. The molecular formula is C21H19BrN2O4S. The van der Waals surface area contributed by atoms with Gasteiger partial charge < -0.3 is 10.5 Å². The fraction of sp³-hybridized carbons (Fsp3) is 0.238. The Morgan fingerprint density at radius 3 is 2.21 bits per heavy atom. The summed E-state index contributed by atoms with van der Waals surface area (Å²) in [6.45, 7) is 0. The molecule has 2 aromatic rings. The standard InChI is InChI=1S/C21H19BrN2O4S/c22-11-15-12-29(27)20-16(23)19(25)24(20)17(15)21(26)28-18(13-7-3-1-4-8-13)14-9-5-2-6-10-14/h1-10,16,18,20H,11-12,23H2/t16-,20-,29+/m1/s1. The number of esters is 1. The molecule has 150 valence electrons. The number of hydrogen-bond acceptors (Lipinski definition) is 5. The lowest BCUT2D eigenvalue weighted by Crippen LogP contribution is -2.72. The van der Waals surface area contributed by atoms with Crippen molar-refractivity contribution in [3.63, 3.8) is 0 Å². The van der Waals surface area contributed by atoms with Crippen molar-refractivity contribution in [1.82, 2.24) is 4.90 Å². The number of benzene rings is 2. The van der Waals surface area contributed by atoms with Crippen LogP contribution in [0.2, 0.25) is 0 Å².